The van der Waals surface area contributed by atoms with Crippen LogP contribution < -0.4 is 5.32 Å². The third kappa shape index (κ3) is 7.12. The van der Waals surface area contributed by atoms with Crippen molar-refractivity contribution in [1.82, 2.24) is 24.7 Å². The van der Waals surface area contributed by atoms with Gasteiger partial charge in [-0.25, -0.2) is 9.98 Å². The van der Waals surface area contributed by atoms with E-state index in [0.29, 0.717) is 25.6 Å². The molecule has 144 valence electrons. The van der Waals surface area contributed by atoms with Gasteiger partial charge in [0, 0.05) is 39.1 Å². The summed E-state index contributed by atoms with van der Waals surface area (Å²) in [6.45, 7) is 5.14. The number of hydrogen-bond donors (Lipinski definition) is 1. The Hall–Kier alpha value is -1.46. The van der Waals surface area contributed by atoms with Crippen LogP contribution in [0, 0.1) is 0 Å². The number of aromatic nitrogens is 2. The lowest BCUT2D eigenvalue weighted by atomic mass is 10.4. The van der Waals surface area contributed by atoms with Crippen LogP contribution in [-0.2, 0) is 11.3 Å². The maximum Gasteiger partial charge on any atom is 0.319 e. The Kier molecular flexibility index (Phi) is 11.3. The number of aliphatic imine (C=N–C) groups is 1. The van der Waals surface area contributed by atoms with E-state index in [4.69, 9.17) is 0 Å². The molecule has 0 aromatic carbocycles. The van der Waals surface area contributed by atoms with Gasteiger partial charge >= 0.3 is 6.55 Å². The summed E-state index contributed by atoms with van der Waals surface area (Å²) in [6, 6.07) is 0. The molecule has 0 bridgehead atoms. The molecular weight excluding hydrogens is 445 g/mol. The van der Waals surface area contributed by atoms with Crippen molar-refractivity contribution in [1.29, 1.82) is 0 Å². The van der Waals surface area contributed by atoms with E-state index in [-0.39, 0.29) is 48.8 Å². The molecule has 0 saturated carbocycles. The SMILES string of the molecule is CCNC(=NCc1nccn1C(F)F)N(C)CC(=O)N(CC)CC.I. The number of alkyl halides is 2. The molecule has 10 heteroatoms. The smallest absolute Gasteiger partial charge is 0.319 e. The van der Waals surface area contributed by atoms with Gasteiger partial charge in [-0.2, -0.15) is 8.78 Å². The van der Waals surface area contributed by atoms with Gasteiger partial charge in [0.25, 0.3) is 0 Å². The van der Waals surface area contributed by atoms with E-state index in [1.807, 2.05) is 20.8 Å². The van der Waals surface area contributed by atoms with Crippen LogP contribution in [-0.4, -0.2) is 64.4 Å². The fourth-order valence-corrected chi connectivity index (χ4v) is 2.21. The van der Waals surface area contributed by atoms with Crippen LogP contribution in [0.5, 0.6) is 0 Å². The highest BCUT2D eigenvalue weighted by molar-refractivity contribution is 14.0. The maximum atomic E-state index is 12.8. The van der Waals surface area contributed by atoms with Gasteiger partial charge < -0.3 is 15.1 Å². The van der Waals surface area contributed by atoms with Crippen molar-refractivity contribution in [2.75, 3.05) is 33.2 Å². The summed E-state index contributed by atoms with van der Waals surface area (Å²) < 4.78 is 26.4. The first-order valence-corrected chi connectivity index (χ1v) is 8.01. The number of rotatable bonds is 8. The Morgan fingerprint density at radius 3 is 2.52 bits per heavy atom. The summed E-state index contributed by atoms with van der Waals surface area (Å²) in [5.41, 5.74) is 0. The van der Waals surface area contributed by atoms with Crippen molar-refractivity contribution in [2.24, 2.45) is 4.99 Å². The summed E-state index contributed by atoms with van der Waals surface area (Å²) in [7, 11) is 1.74. The van der Waals surface area contributed by atoms with Crippen molar-refractivity contribution in [3.05, 3.63) is 18.2 Å². The van der Waals surface area contributed by atoms with Crippen molar-refractivity contribution >= 4 is 35.8 Å². The van der Waals surface area contributed by atoms with E-state index in [1.54, 1.807) is 16.8 Å². The molecule has 0 spiro atoms. The average molecular weight is 472 g/mol. The number of carbonyl (C=O) groups is 1. The first-order chi connectivity index (χ1) is 11.4. The number of guanidine groups is 1. The number of carbonyl (C=O) groups excluding carboxylic acids is 1. The molecule has 0 aliphatic carbocycles. The molecule has 0 aliphatic heterocycles. The van der Waals surface area contributed by atoms with Crippen LogP contribution in [0.4, 0.5) is 8.78 Å². The first-order valence-electron chi connectivity index (χ1n) is 8.01. The monoisotopic (exact) mass is 472 g/mol. The molecule has 1 amide bonds. The van der Waals surface area contributed by atoms with Crippen LogP contribution in [0.3, 0.4) is 0 Å². The first kappa shape index (κ1) is 23.5. The second kappa shape index (κ2) is 12.0. The van der Waals surface area contributed by atoms with Gasteiger partial charge in [0.1, 0.15) is 12.4 Å². The third-order valence-electron chi connectivity index (χ3n) is 3.51. The van der Waals surface area contributed by atoms with Crippen LogP contribution in [0.2, 0.25) is 0 Å². The predicted octanol–water partition coefficient (Wildman–Crippen LogP) is 2.16. The molecule has 25 heavy (non-hydrogen) atoms. The summed E-state index contributed by atoms with van der Waals surface area (Å²) in [6.07, 6.45) is 2.54. The van der Waals surface area contributed by atoms with Gasteiger partial charge in [0.15, 0.2) is 5.96 Å². The van der Waals surface area contributed by atoms with Crippen LogP contribution in [0.25, 0.3) is 0 Å². The second-order valence-electron chi connectivity index (χ2n) is 5.12. The van der Waals surface area contributed by atoms with Gasteiger partial charge in [-0.3, -0.25) is 9.36 Å². The van der Waals surface area contributed by atoms with Gasteiger partial charge in [-0.1, -0.05) is 0 Å². The molecular formula is C15H27F2IN6O. The quantitative estimate of drug-likeness (QED) is 0.358. The van der Waals surface area contributed by atoms with E-state index in [0.717, 1.165) is 4.57 Å². The number of halogens is 3. The lowest BCUT2D eigenvalue weighted by Gasteiger charge is -2.25. The Balaban J connectivity index is 0.00000576. The zero-order chi connectivity index (χ0) is 18.1. The Morgan fingerprint density at radius 1 is 1.36 bits per heavy atom. The number of amides is 1. The van der Waals surface area contributed by atoms with Crippen molar-refractivity contribution in [3.8, 4) is 0 Å². The number of likely N-dealkylation sites (N-methyl/N-ethyl adjacent to an activating group) is 2. The highest BCUT2D eigenvalue weighted by atomic mass is 127. The van der Waals surface area contributed by atoms with Gasteiger partial charge in [0.05, 0.1) is 6.54 Å². The zero-order valence-corrected chi connectivity index (χ0v) is 17.4. The average Bonchev–Trinajstić information content (AvgIpc) is 3.01. The van der Waals surface area contributed by atoms with Crippen molar-refractivity contribution in [3.63, 3.8) is 0 Å². The molecule has 0 radical (unpaired) electrons. The summed E-state index contributed by atoms with van der Waals surface area (Å²) in [5, 5.41) is 3.05. The van der Waals surface area contributed by atoms with E-state index in [2.05, 4.69) is 15.3 Å². The zero-order valence-electron chi connectivity index (χ0n) is 15.1. The van der Waals surface area contributed by atoms with Gasteiger partial charge in [-0.05, 0) is 20.8 Å². The largest absolute Gasteiger partial charge is 0.357 e. The van der Waals surface area contributed by atoms with Crippen LogP contribution in [0.15, 0.2) is 17.4 Å². The number of nitrogens with one attached hydrogen (secondary N) is 1. The predicted molar refractivity (Wildman–Crippen MR) is 104 cm³/mol. The lowest BCUT2D eigenvalue weighted by Crippen LogP contribution is -2.45. The summed E-state index contributed by atoms with van der Waals surface area (Å²) in [5.74, 6) is 0.632. The van der Waals surface area contributed by atoms with Crippen LogP contribution >= 0.6 is 24.0 Å². The molecule has 0 unspecified atom stereocenters. The Morgan fingerprint density at radius 2 is 2.00 bits per heavy atom. The molecule has 0 aliphatic rings. The molecule has 0 saturated heterocycles. The van der Waals surface area contributed by atoms with E-state index in [1.165, 1.54) is 12.4 Å². The Bertz CT molecular complexity index is 548. The number of imidazole rings is 1. The highest BCUT2D eigenvalue weighted by Crippen LogP contribution is 2.12. The lowest BCUT2D eigenvalue weighted by molar-refractivity contribution is -0.131. The second-order valence-corrected chi connectivity index (χ2v) is 5.12. The topological polar surface area (TPSA) is 65.8 Å². The molecule has 0 atom stereocenters. The van der Waals surface area contributed by atoms with Gasteiger partial charge in [0.2, 0.25) is 5.91 Å². The summed E-state index contributed by atoms with van der Waals surface area (Å²) >= 11 is 0. The number of nitrogens with zero attached hydrogens (tertiary/aromatic N) is 5. The molecule has 1 rings (SSSR count). The molecule has 7 nitrogen and oxygen atoms in total. The van der Waals surface area contributed by atoms with E-state index >= 15 is 0 Å². The minimum atomic E-state index is -2.65. The van der Waals surface area contributed by atoms with E-state index in [9.17, 15) is 13.6 Å². The van der Waals surface area contributed by atoms with Crippen LogP contribution in [0.1, 0.15) is 33.1 Å². The normalized spacial score (nSPS) is 11.2. The van der Waals surface area contributed by atoms with Gasteiger partial charge in [-0.15, -0.1) is 24.0 Å². The molecule has 1 aromatic heterocycles. The minimum absolute atomic E-state index is 0. The highest BCUT2D eigenvalue weighted by Gasteiger charge is 2.16. The minimum Gasteiger partial charge on any atom is -0.357 e. The number of hydrogen-bond acceptors (Lipinski definition) is 3. The Labute approximate surface area is 164 Å². The molecule has 1 aromatic rings. The fourth-order valence-electron chi connectivity index (χ4n) is 2.21. The van der Waals surface area contributed by atoms with E-state index < -0.39 is 6.55 Å². The summed E-state index contributed by atoms with van der Waals surface area (Å²) in [4.78, 5) is 23.8. The fraction of sp³-hybridized carbons (Fsp3) is 0.667. The van der Waals surface area contributed by atoms with Crippen molar-refractivity contribution < 1.29 is 13.6 Å². The molecule has 1 heterocycles. The standard InChI is InChI=1S/C15H26F2N6O.HI/c1-5-18-15(21(4)11-13(24)22(6-2)7-3)20-10-12-19-8-9-23(12)14(16)17;/h8-9,14H,5-7,10-11H2,1-4H3,(H,18,20);1H. The maximum absolute atomic E-state index is 12.8. The molecule has 0 fully saturated rings. The molecule has 1 N–H and O–H groups in total. The third-order valence-corrected chi connectivity index (χ3v) is 3.51. The van der Waals surface area contributed by atoms with Crippen molar-refractivity contribution in [2.45, 2.75) is 33.9 Å².